The van der Waals surface area contributed by atoms with Gasteiger partial charge in [0.15, 0.2) is 0 Å². The molecule has 19 heavy (non-hydrogen) atoms. The number of anilines is 1. The van der Waals surface area contributed by atoms with E-state index in [0.717, 1.165) is 30.6 Å². The van der Waals surface area contributed by atoms with E-state index in [0.29, 0.717) is 6.61 Å². The number of fused-ring (bicyclic) bond motifs is 1. The smallest absolute Gasteiger partial charge is 0.0761 e. The summed E-state index contributed by atoms with van der Waals surface area (Å²) >= 11 is 3.52. The zero-order chi connectivity index (χ0) is 13.9. The number of rotatable bonds is 4. The Bertz CT molecular complexity index is 497. The molecule has 102 valence electrons. The molecule has 0 saturated heterocycles. The minimum Gasteiger partial charge on any atom is -0.380 e. The molecule has 2 rings (SSSR count). The Kier molecular flexibility index (Phi) is 4.49. The quantitative estimate of drug-likeness (QED) is 0.797. The van der Waals surface area contributed by atoms with Crippen LogP contribution in [0, 0.1) is 16.7 Å². The van der Waals surface area contributed by atoms with Crippen LogP contribution in [0.25, 0.3) is 0 Å². The number of hydrogen-bond acceptors (Lipinski definition) is 3. The molecule has 0 amide bonds. The Balaban J connectivity index is 2.26. The van der Waals surface area contributed by atoms with Gasteiger partial charge in [-0.1, -0.05) is 22.0 Å². The first-order valence-corrected chi connectivity index (χ1v) is 7.39. The highest BCUT2D eigenvalue weighted by Gasteiger charge is 2.33. The van der Waals surface area contributed by atoms with E-state index in [1.165, 1.54) is 11.3 Å². The van der Waals surface area contributed by atoms with Crippen molar-refractivity contribution in [2.24, 2.45) is 5.41 Å². The molecular weight excluding hydrogens is 304 g/mol. The maximum Gasteiger partial charge on any atom is 0.0761 e. The van der Waals surface area contributed by atoms with Crippen LogP contribution in [0.2, 0.25) is 0 Å². The topological polar surface area (TPSA) is 36.3 Å². The fraction of sp³-hybridized carbons (Fsp3) is 0.533. The molecule has 0 bridgehead atoms. The SMILES string of the molecule is CCOCCN1C[C@@](C)(C#N)Cc2ccc(Br)cc21. The Morgan fingerprint density at radius 2 is 2.32 bits per heavy atom. The molecule has 1 aliphatic heterocycles. The molecule has 0 unspecified atom stereocenters. The van der Waals surface area contributed by atoms with Gasteiger partial charge in [-0.15, -0.1) is 0 Å². The average molecular weight is 323 g/mol. The molecule has 0 N–H and O–H groups in total. The highest BCUT2D eigenvalue weighted by Crippen LogP contribution is 2.37. The van der Waals surface area contributed by atoms with Gasteiger partial charge in [0.25, 0.3) is 0 Å². The van der Waals surface area contributed by atoms with Crippen molar-refractivity contribution >= 4 is 21.6 Å². The van der Waals surface area contributed by atoms with E-state index in [1.54, 1.807) is 0 Å². The van der Waals surface area contributed by atoms with Gasteiger partial charge < -0.3 is 9.64 Å². The van der Waals surface area contributed by atoms with Crippen molar-refractivity contribution in [3.05, 3.63) is 28.2 Å². The third kappa shape index (κ3) is 3.29. The number of nitrogens with zero attached hydrogens (tertiary/aromatic N) is 2. The number of benzene rings is 1. The summed E-state index contributed by atoms with van der Waals surface area (Å²) in [6.45, 7) is 7.05. The Hall–Kier alpha value is -1.05. The lowest BCUT2D eigenvalue weighted by Crippen LogP contribution is -2.42. The summed E-state index contributed by atoms with van der Waals surface area (Å²) < 4.78 is 6.52. The van der Waals surface area contributed by atoms with Gasteiger partial charge in [0.2, 0.25) is 0 Å². The van der Waals surface area contributed by atoms with Crippen LogP contribution in [0.4, 0.5) is 5.69 Å². The van der Waals surface area contributed by atoms with Gasteiger partial charge in [-0.25, -0.2) is 0 Å². The summed E-state index contributed by atoms with van der Waals surface area (Å²) in [5.74, 6) is 0. The summed E-state index contributed by atoms with van der Waals surface area (Å²) in [5, 5.41) is 9.40. The lowest BCUT2D eigenvalue weighted by molar-refractivity contribution is 0.152. The van der Waals surface area contributed by atoms with Crippen LogP contribution in [0.3, 0.4) is 0 Å². The van der Waals surface area contributed by atoms with E-state index in [4.69, 9.17) is 4.74 Å². The van der Waals surface area contributed by atoms with Gasteiger partial charge in [0.05, 0.1) is 18.1 Å². The van der Waals surface area contributed by atoms with Gasteiger partial charge in [-0.3, -0.25) is 0 Å². The highest BCUT2D eigenvalue weighted by molar-refractivity contribution is 9.10. The van der Waals surface area contributed by atoms with Crippen LogP contribution in [0.5, 0.6) is 0 Å². The van der Waals surface area contributed by atoms with Gasteiger partial charge in [-0.2, -0.15) is 5.26 Å². The van der Waals surface area contributed by atoms with Crippen molar-refractivity contribution in [2.45, 2.75) is 20.3 Å². The first-order chi connectivity index (χ1) is 9.08. The van der Waals surface area contributed by atoms with Crippen LogP contribution in [-0.2, 0) is 11.2 Å². The summed E-state index contributed by atoms with van der Waals surface area (Å²) in [6.07, 6.45) is 0.817. The normalized spacial score (nSPS) is 21.9. The predicted molar refractivity (Wildman–Crippen MR) is 80.3 cm³/mol. The highest BCUT2D eigenvalue weighted by atomic mass is 79.9. The Morgan fingerprint density at radius 3 is 3.00 bits per heavy atom. The number of nitriles is 1. The molecule has 1 heterocycles. The van der Waals surface area contributed by atoms with Crippen molar-refractivity contribution in [2.75, 3.05) is 31.2 Å². The predicted octanol–water partition coefficient (Wildman–Crippen LogP) is 3.38. The maximum atomic E-state index is 9.40. The molecule has 1 aliphatic rings. The van der Waals surface area contributed by atoms with Crippen LogP contribution in [0.15, 0.2) is 22.7 Å². The Morgan fingerprint density at radius 1 is 1.53 bits per heavy atom. The second-order valence-corrected chi connectivity index (χ2v) is 6.16. The second kappa shape index (κ2) is 5.94. The molecule has 0 radical (unpaired) electrons. The van der Waals surface area contributed by atoms with Gasteiger partial charge in [0.1, 0.15) is 0 Å². The summed E-state index contributed by atoms with van der Waals surface area (Å²) in [4.78, 5) is 2.27. The van der Waals surface area contributed by atoms with Crippen LogP contribution in [-0.4, -0.2) is 26.3 Å². The molecule has 0 spiro atoms. The molecule has 1 aromatic carbocycles. The lowest BCUT2D eigenvalue weighted by atomic mass is 9.80. The molecule has 0 saturated carbocycles. The molecule has 1 aromatic rings. The third-order valence-electron chi connectivity index (χ3n) is 3.49. The van der Waals surface area contributed by atoms with Crippen LogP contribution in [0.1, 0.15) is 19.4 Å². The van der Waals surface area contributed by atoms with Crippen molar-refractivity contribution in [1.82, 2.24) is 0 Å². The third-order valence-corrected chi connectivity index (χ3v) is 3.98. The molecule has 0 aromatic heterocycles. The fourth-order valence-electron chi connectivity index (χ4n) is 2.56. The van der Waals surface area contributed by atoms with E-state index >= 15 is 0 Å². The lowest BCUT2D eigenvalue weighted by Gasteiger charge is -2.39. The standard InChI is InChI=1S/C15H19BrN2O/c1-3-19-7-6-18-11-15(2,10-17)9-12-4-5-13(16)8-14(12)18/h4-5,8H,3,6-7,9,11H2,1-2H3/t15-/m1/s1. The first kappa shape index (κ1) is 14.4. The molecule has 1 atom stereocenters. The first-order valence-electron chi connectivity index (χ1n) is 6.60. The molecule has 4 heteroatoms. The monoisotopic (exact) mass is 322 g/mol. The minimum absolute atomic E-state index is 0.312. The molecule has 0 fully saturated rings. The van der Waals surface area contributed by atoms with Gasteiger partial charge >= 0.3 is 0 Å². The van der Waals surface area contributed by atoms with Gasteiger partial charge in [-0.05, 0) is 38.0 Å². The second-order valence-electron chi connectivity index (χ2n) is 5.24. The summed E-state index contributed by atoms with van der Waals surface area (Å²) in [5.41, 5.74) is 2.16. The van der Waals surface area contributed by atoms with Crippen molar-refractivity contribution in [3.8, 4) is 6.07 Å². The largest absolute Gasteiger partial charge is 0.380 e. The van der Waals surface area contributed by atoms with Crippen LogP contribution < -0.4 is 4.90 Å². The van der Waals surface area contributed by atoms with Gasteiger partial charge in [0, 0.05) is 29.9 Å². The average Bonchev–Trinajstić information content (AvgIpc) is 2.40. The van der Waals surface area contributed by atoms with E-state index in [1.807, 2.05) is 19.9 Å². The summed E-state index contributed by atoms with van der Waals surface area (Å²) in [7, 11) is 0. The molecule has 3 nitrogen and oxygen atoms in total. The van der Waals surface area contributed by atoms with E-state index in [-0.39, 0.29) is 5.41 Å². The van der Waals surface area contributed by atoms with Crippen LogP contribution >= 0.6 is 15.9 Å². The zero-order valence-corrected chi connectivity index (χ0v) is 13.0. The summed E-state index contributed by atoms with van der Waals surface area (Å²) in [6, 6.07) is 8.76. The van der Waals surface area contributed by atoms with Crippen molar-refractivity contribution in [3.63, 3.8) is 0 Å². The van der Waals surface area contributed by atoms with E-state index in [2.05, 4.69) is 39.0 Å². The Labute approximate surface area is 123 Å². The van der Waals surface area contributed by atoms with Crippen molar-refractivity contribution < 1.29 is 4.74 Å². The molecule has 0 aliphatic carbocycles. The minimum atomic E-state index is -0.312. The zero-order valence-electron chi connectivity index (χ0n) is 11.4. The van der Waals surface area contributed by atoms with Crippen molar-refractivity contribution in [1.29, 1.82) is 5.26 Å². The molecular formula is C15H19BrN2O. The fourth-order valence-corrected chi connectivity index (χ4v) is 2.91. The number of ether oxygens (including phenoxy) is 1. The maximum absolute atomic E-state index is 9.40. The number of halogens is 1. The number of hydrogen-bond donors (Lipinski definition) is 0. The van der Waals surface area contributed by atoms with E-state index in [9.17, 15) is 5.26 Å². The van der Waals surface area contributed by atoms with E-state index < -0.39 is 0 Å².